The Bertz CT molecular complexity index is 585. The number of carbonyl (C=O) groups excluding carboxylic acids is 1. The maximum Gasteiger partial charge on any atom is 0.196 e. The van der Waals surface area contributed by atoms with Gasteiger partial charge in [-0.2, -0.15) is 0 Å². The van der Waals surface area contributed by atoms with E-state index in [1.54, 1.807) is 24.3 Å². The minimum atomic E-state index is -0.228. The lowest BCUT2D eigenvalue weighted by atomic mass is 10.0. The number of hydrogen-bond donors (Lipinski definition) is 0. The van der Waals surface area contributed by atoms with E-state index in [1.165, 1.54) is 12.1 Å². The van der Waals surface area contributed by atoms with Crippen molar-refractivity contribution in [1.82, 2.24) is 0 Å². The summed E-state index contributed by atoms with van der Waals surface area (Å²) in [6.45, 7) is 0. The summed E-state index contributed by atoms with van der Waals surface area (Å²) in [6, 6.07) is 9.97. The van der Waals surface area contributed by atoms with E-state index in [1.807, 2.05) is 0 Å². The predicted octanol–water partition coefficient (Wildman–Crippen LogP) is 5.64. The van der Waals surface area contributed by atoms with Gasteiger partial charge in [0.25, 0.3) is 0 Å². The minimum Gasteiger partial charge on any atom is -0.288 e. The van der Waals surface area contributed by atoms with Crippen LogP contribution in [0, 0.1) is 0 Å². The lowest BCUT2D eigenvalue weighted by molar-refractivity contribution is 0.103. The maximum absolute atomic E-state index is 12.3. The van der Waals surface area contributed by atoms with Crippen molar-refractivity contribution in [2.45, 2.75) is 0 Å². The molecule has 2 aromatic carbocycles. The van der Waals surface area contributed by atoms with E-state index in [4.69, 9.17) is 34.8 Å². The lowest BCUT2D eigenvalue weighted by Gasteiger charge is -2.07. The van der Waals surface area contributed by atoms with Crippen LogP contribution in [0.2, 0.25) is 15.1 Å². The van der Waals surface area contributed by atoms with Gasteiger partial charge in [-0.25, -0.2) is 0 Å². The molecular weight excluding hydrogens is 358 g/mol. The first-order valence-electron chi connectivity index (χ1n) is 4.94. The summed E-state index contributed by atoms with van der Waals surface area (Å²) in [4.78, 5) is 12.3. The van der Waals surface area contributed by atoms with Crippen LogP contribution in [-0.4, -0.2) is 5.78 Å². The highest BCUT2D eigenvalue weighted by Crippen LogP contribution is 2.31. The standard InChI is InChI=1S/C13H6BrCl3O/c14-8-3-1-7(2-4-8)13(18)12-10(16)5-9(15)6-11(12)17/h1-6H. The van der Waals surface area contributed by atoms with Gasteiger partial charge in [0.15, 0.2) is 5.78 Å². The van der Waals surface area contributed by atoms with Crippen LogP contribution < -0.4 is 0 Å². The molecule has 1 nitrogen and oxygen atoms in total. The fourth-order valence-corrected chi connectivity index (χ4v) is 2.76. The van der Waals surface area contributed by atoms with Crippen LogP contribution in [0.4, 0.5) is 0 Å². The number of ketones is 1. The lowest BCUT2D eigenvalue weighted by Crippen LogP contribution is -2.03. The Labute approximate surface area is 128 Å². The van der Waals surface area contributed by atoms with Crippen LogP contribution in [0.5, 0.6) is 0 Å². The second kappa shape index (κ2) is 5.62. The molecule has 0 fully saturated rings. The van der Waals surface area contributed by atoms with Gasteiger partial charge in [0, 0.05) is 15.1 Å². The molecule has 18 heavy (non-hydrogen) atoms. The summed E-state index contributed by atoms with van der Waals surface area (Å²) in [5.41, 5.74) is 0.786. The molecule has 2 rings (SSSR count). The molecule has 0 spiro atoms. The Hall–Kier alpha value is -0.540. The van der Waals surface area contributed by atoms with Crippen molar-refractivity contribution >= 4 is 56.5 Å². The smallest absolute Gasteiger partial charge is 0.196 e. The third-order valence-corrected chi connectivity index (χ3v) is 3.68. The molecule has 0 aliphatic rings. The number of hydrogen-bond acceptors (Lipinski definition) is 1. The molecule has 92 valence electrons. The predicted molar refractivity (Wildman–Crippen MR) is 79.0 cm³/mol. The summed E-state index contributed by atoms with van der Waals surface area (Å²) in [5, 5.41) is 0.901. The highest BCUT2D eigenvalue weighted by atomic mass is 79.9. The molecule has 0 saturated carbocycles. The average Bonchev–Trinajstić information content (AvgIpc) is 2.28. The monoisotopic (exact) mass is 362 g/mol. The topological polar surface area (TPSA) is 17.1 Å². The summed E-state index contributed by atoms with van der Waals surface area (Å²) in [7, 11) is 0. The van der Waals surface area contributed by atoms with Crippen molar-refractivity contribution in [2.75, 3.05) is 0 Å². The van der Waals surface area contributed by atoms with Crippen LogP contribution in [0.3, 0.4) is 0 Å². The Morgan fingerprint density at radius 1 is 0.944 bits per heavy atom. The van der Waals surface area contributed by atoms with Gasteiger partial charge in [-0.3, -0.25) is 4.79 Å². The van der Waals surface area contributed by atoms with Gasteiger partial charge in [0.05, 0.1) is 15.6 Å². The quantitative estimate of drug-likeness (QED) is 0.630. The van der Waals surface area contributed by atoms with Gasteiger partial charge in [0.2, 0.25) is 0 Å². The molecule has 0 atom stereocenters. The van der Waals surface area contributed by atoms with Gasteiger partial charge in [-0.15, -0.1) is 0 Å². The van der Waals surface area contributed by atoms with E-state index < -0.39 is 0 Å². The summed E-state index contributed by atoms with van der Waals surface area (Å²) < 4.78 is 0.896. The van der Waals surface area contributed by atoms with E-state index in [-0.39, 0.29) is 21.4 Å². The number of rotatable bonds is 2. The van der Waals surface area contributed by atoms with E-state index >= 15 is 0 Å². The van der Waals surface area contributed by atoms with E-state index in [0.29, 0.717) is 10.6 Å². The van der Waals surface area contributed by atoms with Crippen LogP contribution in [0.15, 0.2) is 40.9 Å². The first-order valence-corrected chi connectivity index (χ1v) is 6.86. The zero-order chi connectivity index (χ0) is 13.3. The summed E-state index contributed by atoms with van der Waals surface area (Å²) in [6.07, 6.45) is 0. The van der Waals surface area contributed by atoms with Gasteiger partial charge < -0.3 is 0 Å². The normalized spacial score (nSPS) is 10.4. The number of benzene rings is 2. The van der Waals surface area contributed by atoms with E-state index in [2.05, 4.69) is 15.9 Å². The van der Waals surface area contributed by atoms with Crippen molar-refractivity contribution in [3.8, 4) is 0 Å². The molecule has 5 heteroatoms. The SMILES string of the molecule is O=C(c1ccc(Br)cc1)c1c(Cl)cc(Cl)cc1Cl. The second-order valence-corrected chi connectivity index (χ2v) is 5.75. The Kier molecular flexibility index (Phi) is 4.33. The van der Waals surface area contributed by atoms with Crippen molar-refractivity contribution in [3.63, 3.8) is 0 Å². The van der Waals surface area contributed by atoms with Crippen molar-refractivity contribution < 1.29 is 4.79 Å². The molecule has 0 radical (unpaired) electrons. The van der Waals surface area contributed by atoms with Crippen LogP contribution >= 0.6 is 50.7 Å². The summed E-state index contributed by atoms with van der Waals surface area (Å²) in [5.74, 6) is -0.228. The molecule has 0 aromatic heterocycles. The molecule has 0 heterocycles. The molecule has 0 unspecified atom stereocenters. The first-order chi connectivity index (χ1) is 8.49. The zero-order valence-electron chi connectivity index (χ0n) is 8.88. The Morgan fingerprint density at radius 3 is 1.94 bits per heavy atom. The van der Waals surface area contributed by atoms with Crippen molar-refractivity contribution in [3.05, 3.63) is 67.1 Å². The van der Waals surface area contributed by atoms with E-state index in [0.717, 1.165) is 4.47 Å². The molecular formula is C13H6BrCl3O. The average molecular weight is 364 g/mol. The molecule has 0 aliphatic carbocycles. The maximum atomic E-state index is 12.3. The molecule has 0 bridgehead atoms. The van der Waals surface area contributed by atoms with E-state index in [9.17, 15) is 4.79 Å². The molecule has 0 aliphatic heterocycles. The largest absolute Gasteiger partial charge is 0.288 e. The first kappa shape index (κ1) is 13.9. The molecule has 0 saturated heterocycles. The van der Waals surface area contributed by atoms with Gasteiger partial charge in [-0.1, -0.05) is 50.7 Å². The number of halogens is 4. The number of carbonyl (C=O) groups is 1. The highest BCUT2D eigenvalue weighted by Gasteiger charge is 2.17. The summed E-state index contributed by atoms with van der Waals surface area (Å²) >= 11 is 21.1. The van der Waals surface area contributed by atoms with Crippen molar-refractivity contribution in [1.29, 1.82) is 0 Å². The third-order valence-electron chi connectivity index (χ3n) is 2.34. The second-order valence-electron chi connectivity index (χ2n) is 3.58. The van der Waals surface area contributed by atoms with Crippen molar-refractivity contribution in [2.24, 2.45) is 0 Å². The van der Waals surface area contributed by atoms with Crippen LogP contribution in [-0.2, 0) is 0 Å². The highest BCUT2D eigenvalue weighted by molar-refractivity contribution is 9.10. The molecule has 2 aromatic rings. The van der Waals surface area contributed by atoms with Crippen LogP contribution in [0.1, 0.15) is 15.9 Å². The fourth-order valence-electron chi connectivity index (χ4n) is 1.50. The molecule has 0 N–H and O–H groups in total. The third kappa shape index (κ3) is 2.89. The Balaban J connectivity index is 2.49. The zero-order valence-corrected chi connectivity index (χ0v) is 12.7. The fraction of sp³-hybridized carbons (Fsp3) is 0. The minimum absolute atomic E-state index is 0.228. The van der Waals surface area contributed by atoms with Gasteiger partial charge >= 0.3 is 0 Å². The van der Waals surface area contributed by atoms with Crippen LogP contribution in [0.25, 0.3) is 0 Å². The van der Waals surface area contributed by atoms with Gasteiger partial charge in [-0.05, 0) is 36.4 Å². The van der Waals surface area contributed by atoms with Gasteiger partial charge in [0.1, 0.15) is 0 Å². The molecule has 0 amide bonds. The Morgan fingerprint density at radius 2 is 1.44 bits per heavy atom.